The largest absolute Gasteiger partial charge is 0.465 e. The van der Waals surface area contributed by atoms with Crippen LogP contribution in [-0.4, -0.2) is 24.3 Å². The van der Waals surface area contributed by atoms with E-state index >= 15 is 0 Å². The van der Waals surface area contributed by atoms with E-state index in [1.54, 1.807) is 6.92 Å². The number of ether oxygens (including phenoxy) is 1. The first kappa shape index (κ1) is 15.1. The van der Waals surface area contributed by atoms with Gasteiger partial charge >= 0.3 is 5.97 Å². The number of carbonyl (C=O) groups excluding carboxylic acids is 3. The van der Waals surface area contributed by atoms with Crippen molar-refractivity contribution in [3.05, 3.63) is 48.0 Å². The number of hydrogen-bond donors (Lipinski definition) is 1. The topological polar surface area (TPSA) is 72.5 Å². The minimum Gasteiger partial charge on any atom is -0.465 e. The lowest BCUT2D eigenvalue weighted by Crippen LogP contribution is -2.74. The van der Waals surface area contributed by atoms with Gasteiger partial charge in [-0.2, -0.15) is 0 Å². The van der Waals surface area contributed by atoms with Gasteiger partial charge in [-0.3, -0.25) is 14.4 Å². The van der Waals surface area contributed by atoms with Crippen LogP contribution >= 0.6 is 0 Å². The van der Waals surface area contributed by atoms with Gasteiger partial charge in [-0.15, -0.1) is 0 Å². The highest BCUT2D eigenvalue weighted by Gasteiger charge is 2.84. The van der Waals surface area contributed by atoms with Gasteiger partial charge in [0.2, 0.25) is 5.78 Å². The molecule has 3 aliphatic rings. The summed E-state index contributed by atoms with van der Waals surface area (Å²) in [5.74, 6) is -2.19. The van der Waals surface area contributed by atoms with E-state index in [0.29, 0.717) is 6.42 Å². The third-order valence-corrected chi connectivity index (χ3v) is 5.80. The van der Waals surface area contributed by atoms with E-state index in [4.69, 9.17) is 4.74 Å². The quantitative estimate of drug-likeness (QED) is 0.397. The van der Waals surface area contributed by atoms with Crippen molar-refractivity contribution in [2.24, 2.45) is 17.3 Å². The Hall–Kier alpha value is -2.43. The molecule has 2 aliphatic carbocycles. The molecule has 1 amide bonds. The van der Waals surface area contributed by atoms with Gasteiger partial charge < -0.3 is 10.1 Å². The van der Waals surface area contributed by atoms with Crippen molar-refractivity contribution in [3.63, 3.8) is 0 Å². The molecular formula is C19H19NO4. The first-order valence-electron chi connectivity index (χ1n) is 8.37. The van der Waals surface area contributed by atoms with Gasteiger partial charge in [0.25, 0.3) is 5.91 Å². The maximum atomic E-state index is 13.0. The van der Waals surface area contributed by atoms with Crippen LogP contribution in [0.3, 0.4) is 0 Å². The number of nitrogens with one attached hydrogen (secondary N) is 1. The molecule has 1 aromatic rings. The Morgan fingerprint density at radius 1 is 1.29 bits per heavy atom. The van der Waals surface area contributed by atoms with Crippen LogP contribution in [0.2, 0.25) is 0 Å². The summed E-state index contributed by atoms with van der Waals surface area (Å²) in [7, 11) is 0. The second-order valence-corrected chi connectivity index (χ2v) is 6.62. The van der Waals surface area contributed by atoms with Crippen LogP contribution in [0.1, 0.15) is 25.3 Å². The van der Waals surface area contributed by atoms with Crippen molar-refractivity contribution in [1.29, 1.82) is 0 Å². The van der Waals surface area contributed by atoms with E-state index in [2.05, 4.69) is 11.4 Å². The summed E-state index contributed by atoms with van der Waals surface area (Å²) in [6.07, 6.45) is 5.61. The van der Waals surface area contributed by atoms with Crippen molar-refractivity contribution >= 4 is 17.7 Å². The number of benzene rings is 1. The Balaban J connectivity index is 1.97. The normalized spacial score (nSPS) is 36.4. The number of rotatable bonds is 3. The molecule has 24 heavy (non-hydrogen) atoms. The van der Waals surface area contributed by atoms with Gasteiger partial charge in [-0.05, 0) is 31.2 Å². The second-order valence-electron chi connectivity index (χ2n) is 6.62. The van der Waals surface area contributed by atoms with Crippen molar-refractivity contribution in [3.8, 4) is 0 Å². The Labute approximate surface area is 140 Å². The van der Waals surface area contributed by atoms with Gasteiger partial charge in [0.1, 0.15) is 0 Å². The number of Topliss-reactive ketones (excluding diaryl/α,β-unsaturated/α-hetero) is 1. The highest BCUT2D eigenvalue weighted by Crippen LogP contribution is 2.69. The molecule has 1 N–H and O–H groups in total. The smallest absolute Gasteiger partial charge is 0.323 e. The number of ketones is 1. The lowest BCUT2D eigenvalue weighted by molar-refractivity contribution is -0.194. The monoisotopic (exact) mass is 325 g/mol. The van der Waals surface area contributed by atoms with Gasteiger partial charge in [0.05, 0.1) is 12.1 Å². The van der Waals surface area contributed by atoms with E-state index < -0.39 is 28.6 Å². The third kappa shape index (κ3) is 1.48. The molecule has 124 valence electrons. The van der Waals surface area contributed by atoms with Crippen LogP contribution in [-0.2, 0) is 24.7 Å². The molecule has 1 saturated carbocycles. The van der Waals surface area contributed by atoms with Gasteiger partial charge in [-0.25, -0.2) is 0 Å². The molecule has 4 rings (SSSR count). The predicted octanol–water partition coefficient (Wildman–Crippen LogP) is 1.73. The van der Waals surface area contributed by atoms with Gasteiger partial charge in [0, 0.05) is 5.92 Å². The molecule has 0 bridgehead atoms. The molecule has 1 aliphatic heterocycles. The average molecular weight is 325 g/mol. The SMILES string of the molecule is CCOC(=O)[C@@]12C(=O)C(=O)N[C@]1(c1ccccc1)[C@@H]1C=CCC[C@H]12. The Morgan fingerprint density at radius 3 is 2.75 bits per heavy atom. The minimum absolute atomic E-state index is 0.0755. The summed E-state index contributed by atoms with van der Waals surface area (Å²) in [5, 5.41) is 2.87. The number of amides is 1. The molecule has 0 spiro atoms. The highest BCUT2D eigenvalue weighted by atomic mass is 16.5. The van der Waals surface area contributed by atoms with Crippen molar-refractivity contribution in [2.75, 3.05) is 6.61 Å². The fraction of sp³-hybridized carbons (Fsp3) is 0.421. The summed E-state index contributed by atoms with van der Waals surface area (Å²) in [4.78, 5) is 38.2. The summed E-state index contributed by atoms with van der Waals surface area (Å²) in [6, 6.07) is 9.32. The highest BCUT2D eigenvalue weighted by molar-refractivity contribution is 6.46. The minimum atomic E-state index is -1.45. The van der Waals surface area contributed by atoms with Crippen LogP contribution in [0.5, 0.6) is 0 Å². The maximum Gasteiger partial charge on any atom is 0.323 e. The Bertz CT molecular complexity index is 756. The van der Waals surface area contributed by atoms with Crippen molar-refractivity contribution in [1.82, 2.24) is 5.32 Å². The molecule has 0 radical (unpaired) electrons. The Kier molecular flexibility index (Phi) is 3.17. The van der Waals surface area contributed by atoms with E-state index in [-0.39, 0.29) is 18.4 Å². The fourth-order valence-corrected chi connectivity index (χ4v) is 5.01. The molecule has 5 nitrogen and oxygen atoms in total. The summed E-state index contributed by atoms with van der Waals surface area (Å²) in [6.45, 7) is 1.89. The molecular weight excluding hydrogens is 306 g/mol. The summed E-state index contributed by atoms with van der Waals surface area (Å²) >= 11 is 0. The zero-order valence-corrected chi connectivity index (χ0v) is 13.5. The first-order valence-corrected chi connectivity index (χ1v) is 8.37. The van der Waals surface area contributed by atoms with E-state index in [9.17, 15) is 14.4 Å². The number of allylic oxidation sites excluding steroid dienone is 1. The molecule has 0 aromatic heterocycles. The molecule has 1 aromatic carbocycles. The number of carbonyl (C=O) groups is 3. The third-order valence-electron chi connectivity index (χ3n) is 5.80. The molecule has 2 fully saturated rings. The van der Waals surface area contributed by atoms with Gasteiger partial charge in [0.15, 0.2) is 5.41 Å². The van der Waals surface area contributed by atoms with E-state index in [1.165, 1.54) is 0 Å². The van der Waals surface area contributed by atoms with E-state index in [0.717, 1.165) is 12.0 Å². The lowest BCUT2D eigenvalue weighted by Gasteiger charge is -2.63. The summed E-state index contributed by atoms with van der Waals surface area (Å²) in [5.41, 5.74) is -1.70. The molecule has 1 heterocycles. The second kappa shape index (κ2) is 5.03. The number of hydrogen-bond acceptors (Lipinski definition) is 4. The first-order chi connectivity index (χ1) is 11.6. The van der Waals surface area contributed by atoms with Crippen LogP contribution in [0.4, 0.5) is 0 Å². The van der Waals surface area contributed by atoms with Crippen LogP contribution in [0.25, 0.3) is 0 Å². The zero-order chi connectivity index (χ0) is 16.9. The van der Waals surface area contributed by atoms with Gasteiger partial charge in [-0.1, -0.05) is 42.5 Å². The summed E-state index contributed by atoms with van der Waals surface area (Å²) < 4.78 is 5.29. The molecule has 1 saturated heterocycles. The van der Waals surface area contributed by atoms with E-state index in [1.807, 2.05) is 36.4 Å². The predicted molar refractivity (Wildman–Crippen MR) is 85.7 cm³/mol. The fourth-order valence-electron chi connectivity index (χ4n) is 5.01. The number of esters is 1. The molecule has 5 heteroatoms. The molecule has 0 unspecified atom stereocenters. The molecule has 4 atom stereocenters. The lowest BCUT2D eigenvalue weighted by atomic mass is 9.39. The Morgan fingerprint density at radius 2 is 2.04 bits per heavy atom. The van der Waals surface area contributed by atoms with Crippen LogP contribution in [0.15, 0.2) is 42.5 Å². The average Bonchev–Trinajstić information content (AvgIpc) is 2.80. The van der Waals surface area contributed by atoms with Crippen molar-refractivity contribution in [2.45, 2.75) is 25.3 Å². The number of fused-ring (bicyclic) bond motifs is 4. The maximum absolute atomic E-state index is 13.0. The zero-order valence-electron chi connectivity index (χ0n) is 13.5. The standard InChI is InChI=1S/C19H19NO4/c1-2-24-17(23)18-13-10-6-7-11-14(13)19(18,20-16(22)15(18)21)12-8-4-3-5-9-12/h3-5,7-9,11,13-14H,2,6,10H2,1H3,(H,20,22)/t13-,14-,18-,19-/m1/s1. The van der Waals surface area contributed by atoms with Crippen LogP contribution in [0, 0.1) is 17.3 Å². The van der Waals surface area contributed by atoms with Crippen LogP contribution < -0.4 is 5.32 Å². The van der Waals surface area contributed by atoms with Crippen molar-refractivity contribution < 1.29 is 19.1 Å².